The third-order valence-corrected chi connectivity index (χ3v) is 1.75. The molecule has 15 heavy (non-hydrogen) atoms. The Balaban J connectivity index is 3.28. The average Bonchev–Trinajstić information content (AvgIpc) is 2.27. The highest BCUT2D eigenvalue weighted by Crippen LogP contribution is 2.07. The summed E-state index contributed by atoms with van der Waals surface area (Å²) in [6, 6.07) is 2.56. The zero-order valence-corrected chi connectivity index (χ0v) is 8.31. The Hall–Kier alpha value is -2.04. The first-order chi connectivity index (χ1) is 7.08. The van der Waals surface area contributed by atoms with E-state index in [1.54, 1.807) is 0 Å². The van der Waals surface area contributed by atoms with E-state index < -0.39 is 5.97 Å². The first-order valence-electron chi connectivity index (χ1n) is 4.15. The molecule has 1 aromatic rings. The number of rotatable bonds is 3. The largest absolute Gasteiger partial charge is 0.465 e. The molecule has 1 rings (SSSR count). The summed E-state index contributed by atoms with van der Waals surface area (Å²) in [6.07, 6.45) is 0.471. The lowest BCUT2D eigenvalue weighted by atomic mass is 10.1. The minimum Gasteiger partial charge on any atom is -0.465 e. The van der Waals surface area contributed by atoms with E-state index in [0.29, 0.717) is 6.29 Å². The number of methoxy groups -OCH3 is 1. The van der Waals surface area contributed by atoms with Crippen molar-refractivity contribution < 1.29 is 19.1 Å². The van der Waals surface area contributed by atoms with Crippen LogP contribution in [0.1, 0.15) is 38.3 Å². The number of Topliss-reactive ketones (excluding diaryl/α,β-unsaturated/α-hetero) is 1. The Kier molecular flexibility index (Phi) is 3.28. The zero-order chi connectivity index (χ0) is 11.4. The van der Waals surface area contributed by atoms with E-state index in [4.69, 9.17) is 0 Å². The molecule has 1 aromatic heterocycles. The number of hydrogen-bond donors (Lipinski definition) is 0. The smallest absolute Gasteiger partial charge is 0.338 e. The van der Waals surface area contributed by atoms with Crippen molar-refractivity contribution in [2.75, 3.05) is 7.11 Å². The third-order valence-electron chi connectivity index (χ3n) is 1.75. The van der Waals surface area contributed by atoms with Gasteiger partial charge in [0.2, 0.25) is 0 Å². The monoisotopic (exact) mass is 207 g/mol. The quantitative estimate of drug-likeness (QED) is 0.418. The van der Waals surface area contributed by atoms with Crippen LogP contribution in [0.4, 0.5) is 0 Å². The van der Waals surface area contributed by atoms with Crippen molar-refractivity contribution in [1.82, 2.24) is 4.98 Å². The zero-order valence-electron chi connectivity index (χ0n) is 8.31. The van der Waals surface area contributed by atoms with Gasteiger partial charge in [-0.15, -0.1) is 0 Å². The molecular weight excluding hydrogens is 198 g/mol. The van der Waals surface area contributed by atoms with E-state index in [1.807, 2.05) is 0 Å². The molecule has 0 spiro atoms. The number of aldehydes is 1. The summed E-state index contributed by atoms with van der Waals surface area (Å²) in [4.78, 5) is 36.5. The van der Waals surface area contributed by atoms with E-state index in [2.05, 4.69) is 9.72 Å². The van der Waals surface area contributed by atoms with Gasteiger partial charge in [-0.1, -0.05) is 0 Å². The van der Waals surface area contributed by atoms with E-state index in [1.165, 1.54) is 26.2 Å². The van der Waals surface area contributed by atoms with Crippen molar-refractivity contribution in [2.45, 2.75) is 6.92 Å². The van der Waals surface area contributed by atoms with Crippen LogP contribution in [0.2, 0.25) is 0 Å². The summed E-state index contributed by atoms with van der Waals surface area (Å²) in [5, 5.41) is 0. The fourth-order valence-electron chi connectivity index (χ4n) is 1.03. The van der Waals surface area contributed by atoms with Crippen LogP contribution in [0.3, 0.4) is 0 Å². The predicted molar refractivity (Wildman–Crippen MR) is 51.0 cm³/mol. The lowest BCUT2D eigenvalue weighted by Crippen LogP contribution is -2.07. The molecule has 0 bridgehead atoms. The summed E-state index contributed by atoms with van der Waals surface area (Å²) in [5.41, 5.74) is 0.239. The molecule has 0 fully saturated rings. The number of ketones is 1. The fraction of sp³-hybridized carbons (Fsp3) is 0.200. The summed E-state index contributed by atoms with van der Waals surface area (Å²) in [6.45, 7) is 1.30. The normalized spacial score (nSPS) is 9.47. The van der Waals surface area contributed by atoms with Crippen LogP contribution in [-0.2, 0) is 4.74 Å². The molecule has 0 radical (unpaired) electrons. The van der Waals surface area contributed by atoms with Crippen LogP contribution in [0.25, 0.3) is 0 Å². The number of hydrogen-bond acceptors (Lipinski definition) is 5. The van der Waals surface area contributed by atoms with E-state index in [-0.39, 0.29) is 22.7 Å². The van der Waals surface area contributed by atoms with Gasteiger partial charge in [0, 0.05) is 6.92 Å². The molecular formula is C10H9NO4. The van der Waals surface area contributed by atoms with Crippen molar-refractivity contribution in [1.29, 1.82) is 0 Å². The minimum atomic E-state index is -0.608. The maximum absolute atomic E-state index is 11.2. The van der Waals surface area contributed by atoms with Crippen LogP contribution in [-0.4, -0.2) is 30.1 Å². The summed E-state index contributed by atoms with van der Waals surface area (Å²) in [7, 11) is 1.22. The van der Waals surface area contributed by atoms with E-state index in [9.17, 15) is 14.4 Å². The molecule has 0 saturated carbocycles. The number of nitrogens with zero attached hydrogens (tertiary/aromatic N) is 1. The molecule has 0 atom stereocenters. The minimum absolute atomic E-state index is 0.0306. The lowest BCUT2D eigenvalue weighted by Gasteiger charge is -2.02. The Morgan fingerprint density at radius 1 is 1.40 bits per heavy atom. The molecule has 5 heteroatoms. The topological polar surface area (TPSA) is 73.3 Å². The maximum atomic E-state index is 11.2. The van der Waals surface area contributed by atoms with Crippen molar-refractivity contribution in [2.24, 2.45) is 0 Å². The molecule has 0 aliphatic carbocycles. The van der Waals surface area contributed by atoms with E-state index in [0.717, 1.165) is 0 Å². The molecule has 78 valence electrons. The molecule has 0 N–H and O–H groups in total. The molecule has 0 saturated heterocycles. The molecule has 0 aliphatic heterocycles. The van der Waals surface area contributed by atoms with Gasteiger partial charge in [0.25, 0.3) is 0 Å². The van der Waals surface area contributed by atoms with E-state index >= 15 is 0 Å². The molecule has 0 unspecified atom stereocenters. The first kappa shape index (κ1) is 11.0. The number of pyridine rings is 1. The second-order valence-corrected chi connectivity index (χ2v) is 2.83. The van der Waals surface area contributed by atoms with Gasteiger partial charge in [-0.05, 0) is 12.1 Å². The lowest BCUT2D eigenvalue weighted by molar-refractivity contribution is 0.0600. The maximum Gasteiger partial charge on any atom is 0.338 e. The second kappa shape index (κ2) is 4.45. The number of ether oxygens (including phenoxy) is 1. The highest BCUT2D eigenvalue weighted by atomic mass is 16.5. The summed E-state index contributed by atoms with van der Waals surface area (Å²) in [5.74, 6) is -0.924. The van der Waals surface area contributed by atoms with Gasteiger partial charge in [0.15, 0.2) is 12.1 Å². The van der Waals surface area contributed by atoms with Crippen LogP contribution in [0.5, 0.6) is 0 Å². The van der Waals surface area contributed by atoms with Crippen LogP contribution < -0.4 is 0 Å². The van der Waals surface area contributed by atoms with Crippen LogP contribution in [0.15, 0.2) is 12.1 Å². The Morgan fingerprint density at radius 3 is 2.53 bits per heavy atom. The second-order valence-electron chi connectivity index (χ2n) is 2.83. The van der Waals surface area contributed by atoms with Crippen LogP contribution >= 0.6 is 0 Å². The van der Waals surface area contributed by atoms with Gasteiger partial charge in [0.1, 0.15) is 11.4 Å². The molecule has 0 aliphatic rings. The number of carbonyl (C=O) groups is 3. The van der Waals surface area contributed by atoms with Crippen molar-refractivity contribution in [3.63, 3.8) is 0 Å². The summed E-state index contributed by atoms with van der Waals surface area (Å²) >= 11 is 0. The molecule has 0 aromatic carbocycles. The average molecular weight is 207 g/mol. The van der Waals surface area contributed by atoms with Crippen molar-refractivity contribution >= 4 is 18.0 Å². The highest BCUT2D eigenvalue weighted by Gasteiger charge is 2.11. The number of aromatic nitrogens is 1. The predicted octanol–water partition coefficient (Wildman–Crippen LogP) is 0.883. The van der Waals surface area contributed by atoms with Gasteiger partial charge in [-0.2, -0.15) is 0 Å². The Morgan fingerprint density at radius 2 is 2.07 bits per heavy atom. The van der Waals surface area contributed by atoms with Crippen molar-refractivity contribution in [3.05, 3.63) is 29.1 Å². The van der Waals surface area contributed by atoms with Gasteiger partial charge >= 0.3 is 5.97 Å². The van der Waals surface area contributed by atoms with Gasteiger partial charge in [-0.25, -0.2) is 9.78 Å². The SMILES string of the molecule is COC(=O)c1cc(C=O)nc(C(C)=O)c1. The molecule has 0 amide bonds. The summed E-state index contributed by atoms with van der Waals surface area (Å²) < 4.78 is 4.48. The fourth-order valence-corrected chi connectivity index (χ4v) is 1.03. The van der Waals surface area contributed by atoms with Gasteiger partial charge in [0.05, 0.1) is 12.7 Å². The third kappa shape index (κ3) is 2.46. The number of carbonyl (C=O) groups excluding carboxylic acids is 3. The van der Waals surface area contributed by atoms with Crippen LogP contribution in [0, 0.1) is 0 Å². The number of esters is 1. The van der Waals surface area contributed by atoms with Gasteiger partial charge < -0.3 is 4.74 Å². The Labute approximate surface area is 86.1 Å². The molecule has 5 nitrogen and oxygen atoms in total. The highest BCUT2D eigenvalue weighted by molar-refractivity contribution is 5.97. The van der Waals surface area contributed by atoms with Crippen molar-refractivity contribution in [3.8, 4) is 0 Å². The standard InChI is InChI=1S/C10H9NO4/c1-6(13)9-4-7(10(14)15-2)3-8(5-12)11-9/h3-5H,1-2H3. The van der Waals surface area contributed by atoms with Gasteiger partial charge in [-0.3, -0.25) is 9.59 Å². The molecule has 1 heterocycles. The first-order valence-corrected chi connectivity index (χ1v) is 4.15. The Bertz CT molecular complexity index is 425.